The second-order valence-electron chi connectivity index (χ2n) is 7.70. The zero-order valence-corrected chi connectivity index (χ0v) is 18.5. The van der Waals surface area contributed by atoms with E-state index in [0.29, 0.717) is 22.2 Å². The van der Waals surface area contributed by atoms with Crippen LogP contribution in [-0.4, -0.2) is 27.5 Å². The number of pyridine rings is 2. The second kappa shape index (κ2) is 9.08. The van der Waals surface area contributed by atoms with Crippen LogP contribution >= 0.6 is 0 Å². The number of nitrogens with zero attached hydrogens (tertiary/aromatic N) is 2. The van der Waals surface area contributed by atoms with E-state index < -0.39 is 18.0 Å². The van der Waals surface area contributed by atoms with Crippen LogP contribution in [0.5, 0.6) is 0 Å². The third-order valence-electron chi connectivity index (χ3n) is 5.35. The zero-order chi connectivity index (χ0) is 23.5. The van der Waals surface area contributed by atoms with E-state index in [4.69, 9.17) is 4.74 Å². The molecule has 1 N–H and O–H groups in total. The minimum absolute atomic E-state index is 0.0817. The molecule has 7 heteroatoms. The van der Waals surface area contributed by atoms with Crippen molar-refractivity contribution >= 4 is 28.5 Å². The van der Waals surface area contributed by atoms with E-state index in [1.807, 2.05) is 49.4 Å². The van der Waals surface area contributed by atoms with Crippen LogP contribution in [0.1, 0.15) is 23.1 Å². The molecule has 0 saturated carbocycles. The van der Waals surface area contributed by atoms with Crippen LogP contribution in [0.2, 0.25) is 0 Å². The van der Waals surface area contributed by atoms with Crippen LogP contribution in [0.4, 0.5) is 5.82 Å². The Morgan fingerprint density at radius 2 is 1.61 bits per heavy atom. The molecule has 0 spiro atoms. The molecule has 0 radical (unpaired) electrons. The number of fused-ring (bicyclic) bond motifs is 1. The summed E-state index contributed by atoms with van der Waals surface area (Å²) in [4.78, 5) is 43.1. The molecule has 2 aromatic heterocycles. The van der Waals surface area contributed by atoms with Gasteiger partial charge >= 0.3 is 5.97 Å². The minimum Gasteiger partial charge on any atom is -0.448 e. The highest BCUT2D eigenvalue weighted by Crippen LogP contribution is 2.31. The summed E-state index contributed by atoms with van der Waals surface area (Å²) in [5.41, 5.74) is 1.84. The summed E-state index contributed by atoms with van der Waals surface area (Å²) in [6.45, 7) is 3.29. The first-order chi connectivity index (χ1) is 15.9. The quantitative estimate of drug-likeness (QED) is 0.471. The molecule has 0 saturated heterocycles. The van der Waals surface area contributed by atoms with E-state index in [1.54, 1.807) is 30.3 Å². The second-order valence-corrected chi connectivity index (χ2v) is 7.70. The van der Waals surface area contributed by atoms with Crippen molar-refractivity contribution < 1.29 is 14.3 Å². The van der Waals surface area contributed by atoms with Gasteiger partial charge in [-0.3, -0.25) is 9.59 Å². The zero-order valence-electron chi connectivity index (χ0n) is 18.5. The fourth-order valence-corrected chi connectivity index (χ4v) is 3.71. The van der Waals surface area contributed by atoms with Gasteiger partial charge in [-0.15, -0.1) is 0 Å². The summed E-state index contributed by atoms with van der Waals surface area (Å²) in [5, 5.41) is 3.78. The lowest BCUT2D eigenvalue weighted by Gasteiger charge is -2.19. The van der Waals surface area contributed by atoms with Crippen LogP contribution in [0, 0.1) is 6.92 Å². The van der Waals surface area contributed by atoms with Gasteiger partial charge in [-0.05, 0) is 43.0 Å². The van der Waals surface area contributed by atoms with Crippen molar-refractivity contribution in [1.29, 1.82) is 0 Å². The molecule has 7 nitrogen and oxygen atoms in total. The summed E-state index contributed by atoms with van der Waals surface area (Å²) in [7, 11) is 1.53. The van der Waals surface area contributed by atoms with Gasteiger partial charge in [0, 0.05) is 23.7 Å². The van der Waals surface area contributed by atoms with E-state index in [2.05, 4.69) is 10.3 Å². The Hall–Kier alpha value is -4.26. The number of aryl methyl sites for hydroxylation is 1. The van der Waals surface area contributed by atoms with Crippen molar-refractivity contribution in [3.8, 4) is 11.1 Å². The summed E-state index contributed by atoms with van der Waals surface area (Å²) >= 11 is 0. The summed E-state index contributed by atoms with van der Waals surface area (Å²) in [6, 6.07) is 21.7. The maximum absolute atomic E-state index is 13.3. The molecule has 1 unspecified atom stereocenters. The number of carbonyl (C=O) groups is 2. The van der Waals surface area contributed by atoms with Gasteiger partial charge in [-0.25, -0.2) is 9.78 Å². The average molecular weight is 441 g/mol. The molecule has 4 aromatic rings. The van der Waals surface area contributed by atoms with Gasteiger partial charge in [0.25, 0.3) is 11.5 Å². The van der Waals surface area contributed by atoms with Crippen molar-refractivity contribution in [2.75, 3.05) is 5.32 Å². The summed E-state index contributed by atoms with van der Waals surface area (Å²) in [6.07, 6.45) is -1.11. The monoisotopic (exact) mass is 441 g/mol. The Morgan fingerprint density at radius 1 is 0.939 bits per heavy atom. The van der Waals surface area contributed by atoms with Crippen molar-refractivity contribution in [2.45, 2.75) is 20.0 Å². The number of carbonyl (C=O) groups excluding carboxylic acids is 2. The number of esters is 1. The highest BCUT2D eigenvalue weighted by molar-refractivity contribution is 6.07. The number of nitrogens with one attached hydrogen (secondary N) is 1. The highest BCUT2D eigenvalue weighted by Gasteiger charge is 2.26. The van der Waals surface area contributed by atoms with Gasteiger partial charge in [-0.2, -0.15) is 0 Å². The molecule has 166 valence electrons. The predicted molar refractivity (Wildman–Crippen MR) is 127 cm³/mol. The largest absolute Gasteiger partial charge is 0.448 e. The third-order valence-corrected chi connectivity index (χ3v) is 5.35. The lowest BCUT2D eigenvalue weighted by Crippen LogP contribution is -2.33. The Kier molecular flexibility index (Phi) is 6.04. The first-order valence-corrected chi connectivity index (χ1v) is 10.5. The molecular weight excluding hydrogens is 418 g/mol. The van der Waals surface area contributed by atoms with Crippen LogP contribution in [0.15, 0.2) is 77.6 Å². The number of anilines is 1. The molecule has 2 heterocycles. The first-order valence-electron chi connectivity index (χ1n) is 10.5. The molecule has 4 rings (SSSR count). The number of hydrogen-bond donors (Lipinski definition) is 1. The topological polar surface area (TPSA) is 90.3 Å². The normalized spacial score (nSPS) is 11.7. The molecule has 0 fully saturated rings. The molecule has 33 heavy (non-hydrogen) atoms. The maximum Gasteiger partial charge on any atom is 0.356 e. The molecule has 1 amide bonds. The number of rotatable bonds is 5. The molecule has 2 aromatic carbocycles. The standard InChI is InChI=1S/C26H23N3O4/c1-16-10-9-15-21(27-16)28-24(30)17(2)33-26(32)23-22(18-11-5-4-6-12-18)19-13-7-8-14-20(19)25(31)29(23)3/h4-15,17H,1-3H3,(H,27,28,30). The molecule has 0 aliphatic heterocycles. The predicted octanol–water partition coefficient (Wildman–Crippen LogP) is 4.09. The van der Waals surface area contributed by atoms with E-state index >= 15 is 0 Å². The molecule has 1 atom stereocenters. The van der Waals surface area contributed by atoms with Gasteiger partial charge < -0.3 is 14.6 Å². The third kappa shape index (κ3) is 4.39. The Bertz CT molecular complexity index is 1410. The van der Waals surface area contributed by atoms with Crippen molar-refractivity contribution in [3.63, 3.8) is 0 Å². The van der Waals surface area contributed by atoms with Crippen molar-refractivity contribution in [3.05, 3.63) is 94.5 Å². The van der Waals surface area contributed by atoms with Gasteiger partial charge in [0.05, 0.1) is 0 Å². The molecule has 0 bridgehead atoms. The van der Waals surface area contributed by atoms with E-state index in [0.717, 1.165) is 11.3 Å². The van der Waals surface area contributed by atoms with Crippen molar-refractivity contribution in [1.82, 2.24) is 9.55 Å². The van der Waals surface area contributed by atoms with Gasteiger partial charge in [0.1, 0.15) is 11.5 Å². The number of ether oxygens (including phenoxy) is 1. The van der Waals surface area contributed by atoms with Gasteiger partial charge in [-0.1, -0.05) is 54.6 Å². The smallest absolute Gasteiger partial charge is 0.356 e. The number of amides is 1. The average Bonchev–Trinajstić information content (AvgIpc) is 2.81. The summed E-state index contributed by atoms with van der Waals surface area (Å²) in [5.74, 6) is -0.918. The molecule has 0 aliphatic carbocycles. The Balaban J connectivity index is 1.73. The number of benzene rings is 2. The highest BCUT2D eigenvalue weighted by atomic mass is 16.5. The Labute approximate surface area is 190 Å². The van der Waals surface area contributed by atoms with Crippen LogP contribution in [-0.2, 0) is 16.6 Å². The van der Waals surface area contributed by atoms with E-state index in [-0.39, 0.29) is 11.3 Å². The SMILES string of the molecule is Cc1cccc(NC(=O)C(C)OC(=O)c2c(-c3ccccc3)c3ccccc3c(=O)n2C)n1. The lowest BCUT2D eigenvalue weighted by atomic mass is 9.97. The summed E-state index contributed by atoms with van der Waals surface area (Å²) < 4.78 is 6.79. The fraction of sp³-hybridized carbons (Fsp3) is 0.154. The van der Waals surface area contributed by atoms with Gasteiger partial charge in [0.15, 0.2) is 6.10 Å². The fourth-order valence-electron chi connectivity index (χ4n) is 3.71. The Morgan fingerprint density at radius 3 is 2.30 bits per heavy atom. The van der Waals surface area contributed by atoms with Crippen LogP contribution in [0.3, 0.4) is 0 Å². The van der Waals surface area contributed by atoms with Crippen LogP contribution < -0.4 is 10.9 Å². The molecule has 0 aliphatic rings. The lowest BCUT2D eigenvalue weighted by molar-refractivity contribution is -0.123. The van der Waals surface area contributed by atoms with Crippen molar-refractivity contribution in [2.24, 2.45) is 7.05 Å². The number of aromatic nitrogens is 2. The maximum atomic E-state index is 13.3. The number of hydrogen-bond acceptors (Lipinski definition) is 5. The van der Waals surface area contributed by atoms with E-state index in [9.17, 15) is 14.4 Å². The molecular formula is C26H23N3O4. The minimum atomic E-state index is -1.11. The van der Waals surface area contributed by atoms with Crippen LogP contribution in [0.25, 0.3) is 21.9 Å². The first kappa shape index (κ1) is 22.0. The van der Waals surface area contributed by atoms with Gasteiger partial charge in [0.2, 0.25) is 0 Å². The van der Waals surface area contributed by atoms with E-state index in [1.165, 1.54) is 18.5 Å².